The summed E-state index contributed by atoms with van der Waals surface area (Å²) in [6.07, 6.45) is 0. The fourth-order valence-electron chi connectivity index (χ4n) is 2.39. The minimum Gasteiger partial charge on any atom is -0.478 e. The van der Waals surface area contributed by atoms with Crippen LogP contribution in [0.15, 0.2) is 46.2 Å². The molecule has 3 rings (SSSR count). The van der Waals surface area contributed by atoms with Gasteiger partial charge in [-0.1, -0.05) is 0 Å². The predicted molar refractivity (Wildman–Crippen MR) is 75.7 cm³/mol. The molecule has 1 heterocycles. The summed E-state index contributed by atoms with van der Waals surface area (Å²) in [5, 5.41) is 18.0. The highest BCUT2D eigenvalue weighted by Crippen LogP contribution is 2.35. The number of carbonyl (C=O) groups is 3. The van der Waals surface area contributed by atoms with Crippen molar-refractivity contribution < 1.29 is 33.0 Å². The molecule has 23 heavy (non-hydrogen) atoms. The number of benzene rings is 2. The van der Waals surface area contributed by atoms with Crippen molar-refractivity contribution in [3.8, 4) is 0 Å². The van der Waals surface area contributed by atoms with Crippen molar-refractivity contribution in [3.05, 3.63) is 58.7 Å². The molecule has 0 radical (unpaired) electrons. The van der Waals surface area contributed by atoms with Crippen molar-refractivity contribution >= 4 is 27.6 Å². The molecule has 2 aromatic carbocycles. The molecule has 116 valence electrons. The van der Waals surface area contributed by atoms with Gasteiger partial charge in [-0.3, -0.25) is 4.79 Å². The Kier molecular flexibility index (Phi) is 3.08. The third kappa shape index (κ3) is 2.11. The first kappa shape index (κ1) is 14.9. The molecule has 8 heteroatoms. The highest BCUT2D eigenvalue weighted by molar-refractivity contribution is 7.91. The van der Waals surface area contributed by atoms with Crippen molar-refractivity contribution in [2.75, 3.05) is 0 Å². The van der Waals surface area contributed by atoms with Crippen LogP contribution in [0.4, 0.5) is 0 Å². The van der Waals surface area contributed by atoms with E-state index >= 15 is 0 Å². The van der Waals surface area contributed by atoms with Gasteiger partial charge in [-0.05, 0) is 36.4 Å². The van der Waals surface area contributed by atoms with Crippen LogP contribution in [-0.4, -0.2) is 36.4 Å². The van der Waals surface area contributed by atoms with E-state index in [1.54, 1.807) is 0 Å². The van der Waals surface area contributed by atoms with Gasteiger partial charge in [0.05, 0.1) is 20.9 Å². The summed E-state index contributed by atoms with van der Waals surface area (Å²) >= 11 is 0. The van der Waals surface area contributed by atoms with Crippen LogP contribution in [0.3, 0.4) is 0 Å². The van der Waals surface area contributed by atoms with Gasteiger partial charge in [0.15, 0.2) is 5.78 Å². The Bertz CT molecular complexity index is 929. The number of aromatic carboxylic acids is 2. The lowest BCUT2D eigenvalue weighted by atomic mass is 10.00. The lowest BCUT2D eigenvalue weighted by Gasteiger charge is -2.19. The van der Waals surface area contributed by atoms with Crippen molar-refractivity contribution in [2.24, 2.45) is 0 Å². The van der Waals surface area contributed by atoms with Gasteiger partial charge in [-0.2, -0.15) is 0 Å². The first-order valence-corrected chi connectivity index (χ1v) is 7.76. The number of carbonyl (C=O) groups excluding carboxylic acids is 1. The van der Waals surface area contributed by atoms with Gasteiger partial charge in [-0.25, -0.2) is 18.0 Å². The quantitative estimate of drug-likeness (QED) is 0.727. The molecule has 2 N–H and O–H groups in total. The molecule has 0 fully saturated rings. The average Bonchev–Trinajstić information content (AvgIpc) is 2.51. The Morgan fingerprint density at radius 2 is 1.17 bits per heavy atom. The lowest BCUT2D eigenvalue weighted by Crippen LogP contribution is -2.21. The molecule has 0 bridgehead atoms. The van der Waals surface area contributed by atoms with Gasteiger partial charge in [0.2, 0.25) is 9.84 Å². The van der Waals surface area contributed by atoms with E-state index in [9.17, 15) is 22.8 Å². The van der Waals surface area contributed by atoms with Crippen LogP contribution < -0.4 is 0 Å². The largest absolute Gasteiger partial charge is 0.478 e. The van der Waals surface area contributed by atoms with E-state index in [1.165, 1.54) is 0 Å². The van der Waals surface area contributed by atoms with Crippen LogP contribution >= 0.6 is 0 Å². The molecular weight excluding hydrogens is 324 g/mol. The number of sulfone groups is 1. The Morgan fingerprint density at radius 3 is 1.52 bits per heavy atom. The van der Waals surface area contributed by atoms with Gasteiger partial charge in [0.25, 0.3) is 0 Å². The van der Waals surface area contributed by atoms with E-state index in [1.807, 2.05) is 0 Å². The predicted octanol–water partition coefficient (Wildman–Crippen LogP) is 1.46. The fraction of sp³-hybridized carbons (Fsp3) is 0. The fourth-order valence-corrected chi connectivity index (χ4v) is 4.10. The highest BCUT2D eigenvalue weighted by Gasteiger charge is 2.35. The van der Waals surface area contributed by atoms with E-state index in [0.29, 0.717) is 0 Å². The SMILES string of the molecule is O=C(O)c1ccc2c(c1)S(=O)(=O)c1cc(C(=O)O)ccc1C2=O. The Morgan fingerprint density at radius 1 is 0.783 bits per heavy atom. The van der Waals surface area contributed by atoms with E-state index in [2.05, 4.69) is 0 Å². The standard InChI is InChI=1S/C15H8O7S/c16-13-9-3-1-7(14(17)18)5-11(9)23(21,22)12-6-8(15(19)20)2-4-10(12)13/h1-6H,(H,17,18)(H,19,20). The van der Waals surface area contributed by atoms with Gasteiger partial charge in [0.1, 0.15) is 0 Å². The second-order valence-electron chi connectivity index (χ2n) is 4.86. The molecule has 7 nitrogen and oxygen atoms in total. The van der Waals surface area contributed by atoms with Gasteiger partial charge < -0.3 is 10.2 Å². The van der Waals surface area contributed by atoms with Crippen LogP contribution in [0.1, 0.15) is 36.6 Å². The molecule has 0 unspecified atom stereocenters. The number of fused-ring (bicyclic) bond motifs is 2. The zero-order chi connectivity index (χ0) is 16.9. The van der Waals surface area contributed by atoms with Gasteiger partial charge in [-0.15, -0.1) is 0 Å². The number of rotatable bonds is 2. The third-order valence-electron chi connectivity index (χ3n) is 3.53. The number of hydrogen-bond acceptors (Lipinski definition) is 5. The maximum atomic E-state index is 12.7. The first-order chi connectivity index (χ1) is 10.7. The molecule has 2 aromatic rings. The summed E-state index contributed by atoms with van der Waals surface area (Å²) < 4.78 is 25.3. The van der Waals surface area contributed by atoms with E-state index < -0.39 is 37.4 Å². The molecule has 0 saturated carbocycles. The summed E-state index contributed by atoms with van der Waals surface area (Å²) in [7, 11) is -4.19. The topological polar surface area (TPSA) is 126 Å². The van der Waals surface area contributed by atoms with Crippen molar-refractivity contribution in [1.29, 1.82) is 0 Å². The normalized spacial score (nSPS) is 14.7. The number of ketones is 1. The van der Waals surface area contributed by atoms with Crippen LogP contribution in [0.5, 0.6) is 0 Å². The molecule has 0 atom stereocenters. The Balaban J connectivity index is 2.35. The highest BCUT2D eigenvalue weighted by atomic mass is 32.2. The summed E-state index contributed by atoms with van der Waals surface area (Å²) in [6, 6.07) is 6.39. The van der Waals surface area contributed by atoms with Crippen molar-refractivity contribution in [2.45, 2.75) is 9.79 Å². The van der Waals surface area contributed by atoms with Gasteiger partial charge >= 0.3 is 11.9 Å². The lowest BCUT2D eigenvalue weighted by molar-refractivity contribution is 0.0686. The molecule has 0 amide bonds. The van der Waals surface area contributed by atoms with Crippen LogP contribution in [-0.2, 0) is 9.84 Å². The van der Waals surface area contributed by atoms with E-state index in [0.717, 1.165) is 36.4 Å². The minimum atomic E-state index is -4.19. The van der Waals surface area contributed by atoms with E-state index in [-0.39, 0.29) is 22.3 Å². The first-order valence-electron chi connectivity index (χ1n) is 6.28. The third-order valence-corrected chi connectivity index (χ3v) is 5.36. The van der Waals surface area contributed by atoms with Crippen LogP contribution in [0.2, 0.25) is 0 Å². The summed E-state index contributed by atoms with van der Waals surface area (Å²) in [6.45, 7) is 0. The number of carboxylic acid groups (broad SMARTS) is 2. The maximum absolute atomic E-state index is 12.7. The van der Waals surface area contributed by atoms with E-state index in [4.69, 9.17) is 10.2 Å². The zero-order valence-electron chi connectivity index (χ0n) is 11.3. The smallest absolute Gasteiger partial charge is 0.335 e. The zero-order valence-corrected chi connectivity index (χ0v) is 12.1. The molecule has 1 aliphatic heterocycles. The van der Waals surface area contributed by atoms with Gasteiger partial charge in [0, 0.05) is 11.1 Å². The molecule has 0 aromatic heterocycles. The summed E-state index contributed by atoms with van der Waals surface area (Å²) in [5.41, 5.74) is -0.827. The monoisotopic (exact) mass is 332 g/mol. The molecule has 0 saturated heterocycles. The van der Waals surface area contributed by atoms with Crippen LogP contribution in [0, 0.1) is 0 Å². The van der Waals surface area contributed by atoms with Crippen molar-refractivity contribution in [3.63, 3.8) is 0 Å². The molecule has 0 spiro atoms. The number of carboxylic acids is 2. The molecule has 0 aliphatic carbocycles. The minimum absolute atomic E-state index is 0.134. The Labute approximate surface area is 129 Å². The molecular formula is C15H8O7S. The van der Waals surface area contributed by atoms with Crippen molar-refractivity contribution in [1.82, 2.24) is 0 Å². The summed E-state index contributed by atoms with van der Waals surface area (Å²) in [4.78, 5) is 33.6. The second-order valence-corrected chi connectivity index (χ2v) is 6.75. The molecule has 1 aliphatic rings. The summed E-state index contributed by atoms with van der Waals surface area (Å²) in [5.74, 6) is -3.26. The average molecular weight is 332 g/mol. The number of hydrogen-bond donors (Lipinski definition) is 2. The second kappa shape index (κ2) is 4.75. The van der Waals surface area contributed by atoms with Crippen LogP contribution in [0.25, 0.3) is 0 Å². The maximum Gasteiger partial charge on any atom is 0.335 e. The Hall–Kier alpha value is -3.00.